The predicted octanol–water partition coefficient (Wildman–Crippen LogP) is 3.86. The van der Waals surface area contributed by atoms with E-state index in [0.29, 0.717) is 5.41 Å². The molecule has 0 heterocycles. The third kappa shape index (κ3) is 2.00. The second kappa shape index (κ2) is 2.94. The maximum absolute atomic E-state index is 2.38. The van der Waals surface area contributed by atoms with E-state index < -0.39 is 0 Å². The maximum Gasteiger partial charge on any atom is 0 e. The van der Waals surface area contributed by atoms with Gasteiger partial charge in [-0.15, -0.1) is 0 Å². The van der Waals surface area contributed by atoms with E-state index in [1.165, 1.54) is 32.1 Å². The van der Waals surface area contributed by atoms with Gasteiger partial charge < -0.3 is 0 Å². The summed E-state index contributed by atoms with van der Waals surface area (Å²) in [7, 11) is 0. The summed E-state index contributed by atoms with van der Waals surface area (Å²) in [5.74, 6) is 1.00. The minimum atomic E-state index is 0. The van der Waals surface area contributed by atoms with Crippen molar-refractivity contribution < 1.29 is 1.43 Å². The molecule has 0 spiro atoms. The third-order valence-electron chi connectivity index (χ3n) is 2.83. The lowest BCUT2D eigenvalue weighted by Crippen LogP contribution is -2.22. The topological polar surface area (TPSA) is 0 Å². The van der Waals surface area contributed by atoms with Crippen LogP contribution in [0.15, 0.2) is 0 Å². The van der Waals surface area contributed by atoms with Crippen molar-refractivity contribution in [2.24, 2.45) is 11.3 Å². The van der Waals surface area contributed by atoms with Crippen LogP contribution in [0.4, 0.5) is 0 Å². The molecule has 10 heavy (non-hydrogen) atoms. The molecule has 0 aromatic carbocycles. The van der Waals surface area contributed by atoms with Crippen molar-refractivity contribution >= 4 is 0 Å². The van der Waals surface area contributed by atoms with Gasteiger partial charge in [0, 0.05) is 1.43 Å². The predicted molar refractivity (Wildman–Crippen MR) is 48.1 cm³/mol. The molecule has 0 saturated heterocycles. The lowest BCUT2D eigenvalue weighted by Gasteiger charge is -2.33. The Morgan fingerprint density at radius 1 is 1.00 bits per heavy atom. The van der Waals surface area contributed by atoms with Crippen LogP contribution in [0, 0.1) is 11.3 Å². The van der Waals surface area contributed by atoms with E-state index in [0.717, 1.165) is 5.92 Å². The van der Waals surface area contributed by atoms with E-state index in [1.54, 1.807) is 0 Å². The van der Waals surface area contributed by atoms with Crippen molar-refractivity contribution in [3.63, 3.8) is 0 Å². The Morgan fingerprint density at radius 3 is 1.80 bits per heavy atom. The van der Waals surface area contributed by atoms with Gasteiger partial charge in [0.05, 0.1) is 0 Å². The van der Waals surface area contributed by atoms with Crippen LogP contribution in [0.25, 0.3) is 0 Å². The molecule has 0 N–H and O–H groups in total. The first-order chi connectivity index (χ1) is 4.61. The molecular weight excluding hydrogens is 120 g/mol. The highest BCUT2D eigenvalue weighted by molar-refractivity contribution is 4.76. The number of hydrogen-bond donors (Lipinski definition) is 0. The summed E-state index contributed by atoms with van der Waals surface area (Å²) in [6, 6.07) is 0. The Hall–Kier alpha value is 0. The summed E-state index contributed by atoms with van der Waals surface area (Å²) in [5.41, 5.74) is 0.570. The Kier molecular flexibility index (Phi) is 2.38. The molecule has 0 nitrogen and oxygen atoms in total. The largest absolute Gasteiger partial charge is 0.0599 e. The fourth-order valence-electron chi connectivity index (χ4n) is 1.97. The SMILES string of the molecule is CC(C)(C)C1CCCCC1.[HH]. The Balaban J connectivity index is 0.000001000. The van der Waals surface area contributed by atoms with E-state index in [4.69, 9.17) is 0 Å². The van der Waals surface area contributed by atoms with Crippen LogP contribution in [-0.4, -0.2) is 0 Å². The third-order valence-corrected chi connectivity index (χ3v) is 2.83. The van der Waals surface area contributed by atoms with Crippen LogP contribution in [0.1, 0.15) is 54.3 Å². The zero-order chi connectivity index (χ0) is 7.61. The van der Waals surface area contributed by atoms with Crippen molar-refractivity contribution in [2.45, 2.75) is 52.9 Å². The van der Waals surface area contributed by atoms with Crippen molar-refractivity contribution in [2.75, 3.05) is 0 Å². The van der Waals surface area contributed by atoms with E-state index >= 15 is 0 Å². The van der Waals surface area contributed by atoms with Gasteiger partial charge in [0.25, 0.3) is 0 Å². The standard InChI is InChI=1S/C10H20.H2/c1-10(2,3)9-7-5-4-6-8-9;/h9H,4-8H2,1-3H3;1H. The van der Waals surface area contributed by atoms with Crippen LogP contribution in [-0.2, 0) is 0 Å². The molecule has 0 aromatic rings. The summed E-state index contributed by atoms with van der Waals surface area (Å²) in [5, 5.41) is 0. The first-order valence-electron chi connectivity index (χ1n) is 4.61. The van der Waals surface area contributed by atoms with Gasteiger partial charge in [0.1, 0.15) is 0 Å². The zero-order valence-corrected chi connectivity index (χ0v) is 7.61. The van der Waals surface area contributed by atoms with Gasteiger partial charge in [-0.3, -0.25) is 0 Å². The summed E-state index contributed by atoms with van der Waals surface area (Å²) in [4.78, 5) is 0. The zero-order valence-electron chi connectivity index (χ0n) is 7.61. The fourth-order valence-corrected chi connectivity index (χ4v) is 1.97. The van der Waals surface area contributed by atoms with Crippen LogP contribution in [0.5, 0.6) is 0 Å². The monoisotopic (exact) mass is 142 g/mol. The van der Waals surface area contributed by atoms with Crippen molar-refractivity contribution in [1.82, 2.24) is 0 Å². The van der Waals surface area contributed by atoms with Gasteiger partial charge in [0.15, 0.2) is 0 Å². The molecule has 1 aliphatic rings. The number of hydrogen-bond acceptors (Lipinski definition) is 0. The second-order valence-electron chi connectivity index (χ2n) is 4.70. The van der Waals surface area contributed by atoms with Crippen LogP contribution in [0.2, 0.25) is 0 Å². The molecule has 0 radical (unpaired) electrons. The van der Waals surface area contributed by atoms with Gasteiger partial charge >= 0.3 is 0 Å². The minimum Gasteiger partial charge on any atom is -0.0599 e. The molecule has 1 saturated carbocycles. The molecule has 0 unspecified atom stereocenters. The second-order valence-corrected chi connectivity index (χ2v) is 4.70. The fraction of sp³-hybridized carbons (Fsp3) is 1.00. The normalized spacial score (nSPS) is 23.1. The van der Waals surface area contributed by atoms with E-state index in [1.807, 2.05) is 0 Å². The lowest BCUT2D eigenvalue weighted by atomic mass is 9.72. The quantitative estimate of drug-likeness (QED) is 0.482. The summed E-state index contributed by atoms with van der Waals surface area (Å²) in [6.07, 6.45) is 7.38. The molecule has 1 fully saturated rings. The molecule has 0 atom stereocenters. The van der Waals surface area contributed by atoms with Crippen molar-refractivity contribution in [1.29, 1.82) is 0 Å². The lowest BCUT2D eigenvalue weighted by molar-refractivity contribution is 0.180. The average Bonchev–Trinajstić information content (AvgIpc) is 1.88. The average molecular weight is 142 g/mol. The van der Waals surface area contributed by atoms with Gasteiger partial charge in [-0.25, -0.2) is 0 Å². The van der Waals surface area contributed by atoms with Crippen LogP contribution < -0.4 is 0 Å². The maximum atomic E-state index is 2.38. The van der Waals surface area contributed by atoms with Gasteiger partial charge in [-0.1, -0.05) is 40.0 Å². The highest BCUT2D eigenvalue weighted by atomic mass is 14.3. The van der Waals surface area contributed by atoms with Crippen LogP contribution in [0.3, 0.4) is 0 Å². The summed E-state index contributed by atoms with van der Waals surface area (Å²) in [6.45, 7) is 7.13. The van der Waals surface area contributed by atoms with Gasteiger partial charge in [0.2, 0.25) is 0 Å². The minimum absolute atomic E-state index is 0. The molecule has 0 aliphatic heterocycles. The molecular formula is C10H22. The molecule has 0 heteroatoms. The first-order valence-corrected chi connectivity index (χ1v) is 4.61. The molecule has 1 rings (SSSR count). The van der Waals surface area contributed by atoms with Crippen molar-refractivity contribution in [3.8, 4) is 0 Å². The van der Waals surface area contributed by atoms with Crippen LogP contribution >= 0.6 is 0 Å². The Morgan fingerprint density at radius 2 is 1.50 bits per heavy atom. The molecule has 62 valence electrons. The highest BCUT2D eigenvalue weighted by Gasteiger charge is 2.25. The highest BCUT2D eigenvalue weighted by Crippen LogP contribution is 2.37. The Bertz CT molecular complexity index is 95.9. The van der Waals surface area contributed by atoms with Gasteiger partial charge in [-0.05, 0) is 24.2 Å². The van der Waals surface area contributed by atoms with Gasteiger partial charge in [-0.2, -0.15) is 0 Å². The molecule has 1 aliphatic carbocycles. The summed E-state index contributed by atoms with van der Waals surface area (Å²) < 4.78 is 0. The van der Waals surface area contributed by atoms with Crippen molar-refractivity contribution in [3.05, 3.63) is 0 Å². The van der Waals surface area contributed by atoms with E-state index in [2.05, 4.69) is 20.8 Å². The first kappa shape index (κ1) is 8.10. The Labute approximate surface area is 66.5 Å². The van der Waals surface area contributed by atoms with E-state index in [9.17, 15) is 0 Å². The van der Waals surface area contributed by atoms with E-state index in [-0.39, 0.29) is 1.43 Å². The summed E-state index contributed by atoms with van der Waals surface area (Å²) >= 11 is 0. The smallest absolute Gasteiger partial charge is 0 e. The molecule has 0 bridgehead atoms. The molecule has 0 aromatic heterocycles. The number of rotatable bonds is 0. The molecule has 0 amide bonds.